The van der Waals surface area contributed by atoms with Crippen molar-refractivity contribution in [2.45, 2.75) is 24.2 Å². The SMILES string of the molecule is COCCCN(C)C(=O)c1ccc(F)c(S(=O)(=O)N2CCCC2)c1. The number of methoxy groups -OCH3 is 1. The van der Waals surface area contributed by atoms with Crippen molar-refractivity contribution in [1.29, 1.82) is 0 Å². The molecule has 1 aliphatic rings. The molecule has 24 heavy (non-hydrogen) atoms. The second-order valence-electron chi connectivity index (χ2n) is 5.83. The Hall–Kier alpha value is -1.51. The lowest BCUT2D eigenvalue weighted by Crippen LogP contribution is -2.30. The van der Waals surface area contributed by atoms with Crippen molar-refractivity contribution in [2.75, 3.05) is 40.4 Å². The minimum absolute atomic E-state index is 0.161. The minimum atomic E-state index is -3.90. The molecule has 6 nitrogen and oxygen atoms in total. The van der Waals surface area contributed by atoms with Crippen LogP contribution in [0.25, 0.3) is 0 Å². The molecule has 1 fully saturated rings. The fourth-order valence-electron chi connectivity index (χ4n) is 2.67. The number of nitrogens with zero attached hydrogens (tertiary/aromatic N) is 2. The number of carbonyl (C=O) groups is 1. The van der Waals surface area contributed by atoms with Crippen LogP contribution in [0.3, 0.4) is 0 Å². The summed E-state index contributed by atoms with van der Waals surface area (Å²) < 4.78 is 45.4. The zero-order chi connectivity index (χ0) is 17.7. The Labute approximate surface area is 142 Å². The average molecular weight is 358 g/mol. The van der Waals surface area contributed by atoms with Crippen LogP contribution in [0.4, 0.5) is 4.39 Å². The normalized spacial score (nSPS) is 15.6. The third-order valence-corrected chi connectivity index (χ3v) is 5.96. The van der Waals surface area contributed by atoms with Crippen LogP contribution in [-0.4, -0.2) is 63.9 Å². The lowest BCUT2D eigenvalue weighted by molar-refractivity contribution is 0.0779. The van der Waals surface area contributed by atoms with Crippen LogP contribution in [0.15, 0.2) is 23.1 Å². The van der Waals surface area contributed by atoms with Crippen molar-refractivity contribution >= 4 is 15.9 Å². The topological polar surface area (TPSA) is 66.9 Å². The summed E-state index contributed by atoms with van der Waals surface area (Å²) in [5, 5.41) is 0. The van der Waals surface area contributed by atoms with Gasteiger partial charge in [0.15, 0.2) is 0 Å². The third kappa shape index (κ3) is 4.12. The highest BCUT2D eigenvalue weighted by molar-refractivity contribution is 7.89. The number of amides is 1. The van der Waals surface area contributed by atoms with E-state index in [4.69, 9.17) is 4.74 Å². The molecule has 1 aliphatic heterocycles. The lowest BCUT2D eigenvalue weighted by Gasteiger charge is -2.19. The minimum Gasteiger partial charge on any atom is -0.385 e. The molecule has 0 aromatic heterocycles. The van der Waals surface area contributed by atoms with Crippen LogP contribution in [0.1, 0.15) is 29.6 Å². The first-order valence-corrected chi connectivity index (χ1v) is 9.36. The van der Waals surface area contributed by atoms with Gasteiger partial charge in [-0.15, -0.1) is 0 Å². The van der Waals surface area contributed by atoms with Gasteiger partial charge in [0.1, 0.15) is 10.7 Å². The number of rotatable bonds is 7. The number of sulfonamides is 1. The quantitative estimate of drug-likeness (QED) is 0.696. The Kier molecular flexibility index (Phi) is 6.31. The number of hydrogen-bond donors (Lipinski definition) is 0. The molecular weight excluding hydrogens is 335 g/mol. The summed E-state index contributed by atoms with van der Waals surface area (Å²) in [7, 11) is -0.703. The van der Waals surface area contributed by atoms with Crippen molar-refractivity contribution in [3.8, 4) is 0 Å². The third-order valence-electron chi connectivity index (χ3n) is 4.05. The predicted molar refractivity (Wildman–Crippen MR) is 87.8 cm³/mol. The summed E-state index contributed by atoms with van der Waals surface area (Å²) in [5.41, 5.74) is 0.161. The Balaban J connectivity index is 2.23. The van der Waals surface area contributed by atoms with Gasteiger partial charge in [0.25, 0.3) is 5.91 Å². The summed E-state index contributed by atoms with van der Waals surface area (Å²) in [6.45, 7) is 1.77. The van der Waals surface area contributed by atoms with Crippen molar-refractivity contribution in [3.63, 3.8) is 0 Å². The molecule has 1 amide bonds. The summed E-state index contributed by atoms with van der Waals surface area (Å²) in [4.78, 5) is 13.4. The van der Waals surface area contributed by atoms with Gasteiger partial charge in [-0.1, -0.05) is 0 Å². The van der Waals surface area contributed by atoms with E-state index in [9.17, 15) is 17.6 Å². The van der Waals surface area contributed by atoms with Crippen molar-refractivity contribution in [3.05, 3.63) is 29.6 Å². The highest BCUT2D eigenvalue weighted by Gasteiger charge is 2.30. The van der Waals surface area contributed by atoms with E-state index in [2.05, 4.69) is 0 Å². The molecule has 1 aromatic rings. The van der Waals surface area contributed by atoms with Crippen LogP contribution in [-0.2, 0) is 14.8 Å². The zero-order valence-electron chi connectivity index (χ0n) is 14.0. The van der Waals surface area contributed by atoms with E-state index in [1.165, 1.54) is 15.3 Å². The lowest BCUT2D eigenvalue weighted by atomic mass is 10.2. The second kappa shape index (κ2) is 8.04. The Morgan fingerprint density at radius 3 is 2.62 bits per heavy atom. The van der Waals surface area contributed by atoms with E-state index in [0.29, 0.717) is 32.7 Å². The van der Waals surface area contributed by atoms with Crippen LogP contribution in [0.2, 0.25) is 0 Å². The first-order valence-electron chi connectivity index (χ1n) is 7.92. The van der Waals surface area contributed by atoms with Gasteiger partial charge in [0, 0.05) is 46.0 Å². The molecule has 0 spiro atoms. The Morgan fingerprint density at radius 2 is 2.00 bits per heavy atom. The van der Waals surface area contributed by atoms with Crippen molar-refractivity contribution in [2.24, 2.45) is 0 Å². The molecule has 2 rings (SSSR count). The van der Waals surface area contributed by atoms with Gasteiger partial charge in [-0.3, -0.25) is 4.79 Å². The number of halogens is 1. The van der Waals surface area contributed by atoms with E-state index in [0.717, 1.165) is 25.0 Å². The first kappa shape index (κ1) is 18.8. The van der Waals surface area contributed by atoms with Gasteiger partial charge in [-0.2, -0.15) is 4.31 Å². The van der Waals surface area contributed by atoms with Crippen LogP contribution < -0.4 is 0 Å². The van der Waals surface area contributed by atoms with E-state index in [-0.39, 0.29) is 11.5 Å². The average Bonchev–Trinajstić information content (AvgIpc) is 3.10. The molecule has 8 heteroatoms. The Morgan fingerprint density at radius 1 is 1.33 bits per heavy atom. The van der Waals surface area contributed by atoms with Gasteiger partial charge in [0.05, 0.1) is 0 Å². The molecule has 0 bridgehead atoms. The molecular formula is C16H23FN2O4S. The molecule has 0 N–H and O–H groups in total. The van der Waals surface area contributed by atoms with Gasteiger partial charge in [0.2, 0.25) is 10.0 Å². The van der Waals surface area contributed by atoms with Crippen LogP contribution in [0, 0.1) is 5.82 Å². The molecule has 0 radical (unpaired) electrons. The highest BCUT2D eigenvalue weighted by atomic mass is 32.2. The second-order valence-corrected chi connectivity index (χ2v) is 7.74. The fraction of sp³-hybridized carbons (Fsp3) is 0.562. The molecule has 0 saturated carbocycles. The van der Waals surface area contributed by atoms with Crippen molar-refractivity contribution < 1.29 is 22.3 Å². The highest BCUT2D eigenvalue weighted by Crippen LogP contribution is 2.24. The van der Waals surface area contributed by atoms with Crippen LogP contribution >= 0.6 is 0 Å². The van der Waals surface area contributed by atoms with E-state index < -0.39 is 20.7 Å². The van der Waals surface area contributed by atoms with Gasteiger partial charge in [-0.25, -0.2) is 12.8 Å². The van der Waals surface area contributed by atoms with Gasteiger partial charge < -0.3 is 9.64 Å². The van der Waals surface area contributed by atoms with E-state index in [1.54, 1.807) is 14.2 Å². The monoisotopic (exact) mass is 358 g/mol. The molecule has 1 heterocycles. The summed E-state index contributed by atoms with van der Waals surface area (Å²) >= 11 is 0. The summed E-state index contributed by atoms with van der Waals surface area (Å²) in [5.74, 6) is -1.18. The molecule has 1 aromatic carbocycles. The molecule has 0 unspecified atom stereocenters. The molecule has 0 aliphatic carbocycles. The number of ether oxygens (including phenoxy) is 1. The predicted octanol–water partition coefficient (Wildman–Crippen LogP) is 1.72. The summed E-state index contributed by atoms with van der Waals surface area (Å²) in [6.07, 6.45) is 2.20. The largest absolute Gasteiger partial charge is 0.385 e. The fourth-order valence-corrected chi connectivity index (χ4v) is 4.28. The Bertz CT molecular complexity index is 687. The number of carbonyl (C=O) groups excluding carboxylic acids is 1. The first-order chi connectivity index (χ1) is 11.4. The van der Waals surface area contributed by atoms with E-state index in [1.807, 2.05) is 0 Å². The maximum atomic E-state index is 14.1. The van der Waals surface area contributed by atoms with Crippen LogP contribution in [0.5, 0.6) is 0 Å². The van der Waals surface area contributed by atoms with Gasteiger partial charge in [-0.05, 0) is 37.5 Å². The maximum Gasteiger partial charge on any atom is 0.253 e. The number of hydrogen-bond acceptors (Lipinski definition) is 4. The summed E-state index contributed by atoms with van der Waals surface area (Å²) in [6, 6.07) is 3.49. The maximum absolute atomic E-state index is 14.1. The standard InChI is InChI=1S/C16H23FN2O4S/c1-18(8-5-11-23-2)16(20)13-6-7-14(17)15(12-13)24(21,22)19-9-3-4-10-19/h6-7,12H,3-5,8-11H2,1-2H3. The molecule has 1 saturated heterocycles. The molecule has 0 atom stereocenters. The zero-order valence-corrected chi connectivity index (χ0v) is 14.8. The van der Waals surface area contributed by atoms with Gasteiger partial charge >= 0.3 is 0 Å². The van der Waals surface area contributed by atoms with E-state index >= 15 is 0 Å². The smallest absolute Gasteiger partial charge is 0.253 e. The molecule has 134 valence electrons. The number of benzene rings is 1. The van der Waals surface area contributed by atoms with Crippen molar-refractivity contribution in [1.82, 2.24) is 9.21 Å².